The van der Waals surface area contributed by atoms with E-state index in [0.717, 1.165) is 30.7 Å². The third-order valence-electron chi connectivity index (χ3n) is 3.68. The minimum atomic E-state index is -0.588. The third kappa shape index (κ3) is 3.05. The molecular weight excluding hydrogens is 285 g/mol. The summed E-state index contributed by atoms with van der Waals surface area (Å²) < 4.78 is 13.0. The summed E-state index contributed by atoms with van der Waals surface area (Å²) in [5, 5.41) is 12.6. The molecule has 1 fully saturated rings. The Labute approximate surface area is 127 Å². The molecule has 1 aromatic carbocycles. The molecule has 1 heterocycles. The number of hydrogen-bond donors (Lipinski definition) is 2. The molecule has 0 aliphatic heterocycles. The van der Waals surface area contributed by atoms with Gasteiger partial charge >= 0.3 is 0 Å². The van der Waals surface area contributed by atoms with Crippen molar-refractivity contribution < 1.29 is 14.3 Å². The zero-order chi connectivity index (χ0) is 15.7. The quantitative estimate of drug-likeness (QED) is 0.910. The number of nitrogens with zero attached hydrogens (tertiary/aromatic N) is 2. The molecule has 1 aliphatic rings. The van der Waals surface area contributed by atoms with Crippen LogP contribution in [0, 0.1) is 18.7 Å². The first kappa shape index (κ1) is 14.4. The van der Waals surface area contributed by atoms with Crippen molar-refractivity contribution in [1.82, 2.24) is 15.3 Å². The molecule has 6 heteroatoms. The number of rotatable bonds is 4. The largest absolute Gasteiger partial charge is 0.507 e. The molecule has 0 bridgehead atoms. The molecule has 1 aliphatic carbocycles. The lowest BCUT2D eigenvalue weighted by Gasteiger charge is -2.17. The first-order chi connectivity index (χ1) is 10.5. The van der Waals surface area contributed by atoms with Crippen LogP contribution in [0.25, 0.3) is 0 Å². The number of benzene rings is 1. The van der Waals surface area contributed by atoms with Crippen molar-refractivity contribution in [3.8, 4) is 5.75 Å². The van der Waals surface area contributed by atoms with Gasteiger partial charge in [-0.25, -0.2) is 14.4 Å². The smallest absolute Gasteiger partial charge is 0.255 e. The summed E-state index contributed by atoms with van der Waals surface area (Å²) in [6.07, 6.45) is 3.66. The second-order valence-electron chi connectivity index (χ2n) is 5.51. The van der Waals surface area contributed by atoms with Gasteiger partial charge in [0.25, 0.3) is 5.91 Å². The van der Waals surface area contributed by atoms with Crippen LogP contribution in [-0.2, 0) is 0 Å². The molecule has 1 aromatic heterocycles. The second kappa shape index (κ2) is 5.71. The minimum Gasteiger partial charge on any atom is -0.507 e. The molecule has 0 saturated heterocycles. The first-order valence-corrected chi connectivity index (χ1v) is 7.13. The van der Waals surface area contributed by atoms with Crippen LogP contribution in [-0.4, -0.2) is 21.0 Å². The van der Waals surface area contributed by atoms with Crippen molar-refractivity contribution >= 4 is 5.91 Å². The summed E-state index contributed by atoms with van der Waals surface area (Å²) >= 11 is 0. The number of phenolic OH excluding ortho intramolecular Hbond substituents is 1. The average Bonchev–Trinajstić information content (AvgIpc) is 3.29. The minimum absolute atomic E-state index is 0.0414. The SMILES string of the molecule is Cc1ccnc(C(NC(=O)c2ccc(F)cc2O)C2CC2)n1. The molecule has 2 aromatic rings. The molecule has 0 spiro atoms. The number of carbonyl (C=O) groups is 1. The standard InChI is InChI=1S/C16H16FN3O2/c1-9-6-7-18-15(19-9)14(10-2-3-10)20-16(22)12-5-4-11(17)8-13(12)21/h4-8,10,14,21H,2-3H2,1H3,(H,20,22). The zero-order valence-electron chi connectivity index (χ0n) is 12.1. The fourth-order valence-corrected chi connectivity index (χ4v) is 2.36. The van der Waals surface area contributed by atoms with E-state index in [1.807, 2.05) is 6.92 Å². The van der Waals surface area contributed by atoms with Crippen LogP contribution in [0.5, 0.6) is 5.75 Å². The molecule has 3 rings (SSSR count). The monoisotopic (exact) mass is 301 g/mol. The van der Waals surface area contributed by atoms with Crippen molar-refractivity contribution in [3.63, 3.8) is 0 Å². The highest BCUT2D eigenvalue weighted by atomic mass is 19.1. The predicted octanol–water partition coefficient (Wildman–Crippen LogP) is 2.51. The van der Waals surface area contributed by atoms with Gasteiger partial charge in [-0.15, -0.1) is 0 Å². The molecule has 1 unspecified atom stereocenters. The summed E-state index contributed by atoms with van der Waals surface area (Å²) in [5.41, 5.74) is 0.870. The maximum Gasteiger partial charge on any atom is 0.255 e. The van der Waals surface area contributed by atoms with Gasteiger partial charge in [-0.1, -0.05) is 0 Å². The van der Waals surface area contributed by atoms with Crippen LogP contribution >= 0.6 is 0 Å². The maximum absolute atomic E-state index is 13.0. The van der Waals surface area contributed by atoms with Crippen molar-refractivity contribution in [1.29, 1.82) is 0 Å². The third-order valence-corrected chi connectivity index (χ3v) is 3.68. The fraction of sp³-hybridized carbons (Fsp3) is 0.312. The van der Waals surface area contributed by atoms with Gasteiger partial charge in [0.1, 0.15) is 11.6 Å². The molecule has 0 radical (unpaired) electrons. The highest BCUT2D eigenvalue weighted by molar-refractivity contribution is 5.97. The van der Waals surface area contributed by atoms with E-state index < -0.39 is 11.7 Å². The summed E-state index contributed by atoms with van der Waals surface area (Å²) in [4.78, 5) is 20.9. The lowest BCUT2D eigenvalue weighted by atomic mass is 10.1. The number of aromatic nitrogens is 2. The average molecular weight is 301 g/mol. The Morgan fingerprint density at radius 1 is 1.41 bits per heavy atom. The van der Waals surface area contributed by atoms with Crippen molar-refractivity contribution in [2.24, 2.45) is 5.92 Å². The van der Waals surface area contributed by atoms with Gasteiger partial charge in [0, 0.05) is 18.0 Å². The molecule has 114 valence electrons. The normalized spacial score (nSPS) is 15.4. The van der Waals surface area contributed by atoms with E-state index in [0.29, 0.717) is 11.7 Å². The molecule has 1 amide bonds. The van der Waals surface area contributed by atoms with Crippen LogP contribution in [0.3, 0.4) is 0 Å². The molecule has 2 N–H and O–H groups in total. The van der Waals surface area contributed by atoms with Gasteiger partial charge in [-0.3, -0.25) is 4.79 Å². The molecule has 22 heavy (non-hydrogen) atoms. The number of phenols is 1. The van der Waals surface area contributed by atoms with E-state index in [2.05, 4.69) is 15.3 Å². The van der Waals surface area contributed by atoms with E-state index in [1.54, 1.807) is 12.3 Å². The van der Waals surface area contributed by atoms with E-state index >= 15 is 0 Å². The van der Waals surface area contributed by atoms with E-state index in [-0.39, 0.29) is 17.4 Å². The van der Waals surface area contributed by atoms with Crippen LogP contribution in [0.4, 0.5) is 4.39 Å². The van der Waals surface area contributed by atoms with E-state index in [4.69, 9.17) is 0 Å². The van der Waals surface area contributed by atoms with Gasteiger partial charge in [0.15, 0.2) is 5.82 Å². The van der Waals surface area contributed by atoms with Crippen LogP contribution < -0.4 is 5.32 Å². The van der Waals surface area contributed by atoms with Gasteiger partial charge in [0.05, 0.1) is 11.6 Å². The second-order valence-corrected chi connectivity index (χ2v) is 5.51. The van der Waals surface area contributed by atoms with Crippen LogP contribution in [0.2, 0.25) is 0 Å². The Morgan fingerprint density at radius 3 is 2.82 bits per heavy atom. The lowest BCUT2D eigenvalue weighted by Crippen LogP contribution is -2.31. The molecular formula is C16H16FN3O2. The van der Waals surface area contributed by atoms with Crippen LogP contribution in [0.15, 0.2) is 30.5 Å². The summed E-state index contributed by atoms with van der Waals surface area (Å²) in [5.74, 6) is -0.558. The summed E-state index contributed by atoms with van der Waals surface area (Å²) in [6.45, 7) is 1.86. The van der Waals surface area contributed by atoms with Gasteiger partial charge in [-0.05, 0) is 43.9 Å². The highest BCUT2D eigenvalue weighted by Crippen LogP contribution is 2.40. The highest BCUT2D eigenvalue weighted by Gasteiger charge is 2.35. The topological polar surface area (TPSA) is 75.1 Å². The van der Waals surface area contributed by atoms with Gasteiger partial charge < -0.3 is 10.4 Å². The van der Waals surface area contributed by atoms with E-state index in [1.165, 1.54) is 6.07 Å². The van der Waals surface area contributed by atoms with Gasteiger partial charge in [-0.2, -0.15) is 0 Å². The van der Waals surface area contributed by atoms with Crippen molar-refractivity contribution in [2.45, 2.75) is 25.8 Å². The van der Waals surface area contributed by atoms with Crippen molar-refractivity contribution in [2.75, 3.05) is 0 Å². The predicted molar refractivity (Wildman–Crippen MR) is 77.8 cm³/mol. The number of amides is 1. The number of hydrogen-bond acceptors (Lipinski definition) is 4. The first-order valence-electron chi connectivity index (χ1n) is 7.13. The number of halogens is 1. The Balaban J connectivity index is 1.83. The number of carbonyl (C=O) groups excluding carboxylic acids is 1. The van der Waals surface area contributed by atoms with Crippen molar-refractivity contribution in [3.05, 3.63) is 53.4 Å². The fourth-order valence-electron chi connectivity index (χ4n) is 2.36. The Bertz CT molecular complexity index is 716. The summed E-state index contributed by atoms with van der Waals surface area (Å²) in [7, 11) is 0. The van der Waals surface area contributed by atoms with E-state index in [9.17, 15) is 14.3 Å². The Morgan fingerprint density at radius 2 is 2.18 bits per heavy atom. The molecule has 5 nitrogen and oxygen atoms in total. The van der Waals surface area contributed by atoms with Crippen LogP contribution in [0.1, 0.15) is 40.8 Å². The lowest BCUT2D eigenvalue weighted by molar-refractivity contribution is 0.0926. The molecule has 1 saturated carbocycles. The molecule has 1 atom stereocenters. The summed E-state index contributed by atoms with van der Waals surface area (Å²) in [6, 6.07) is 4.83. The Kier molecular flexibility index (Phi) is 3.75. The maximum atomic E-state index is 13.0. The number of aromatic hydroxyl groups is 1. The number of aryl methyl sites for hydroxylation is 1. The number of nitrogens with one attached hydrogen (secondary N) is 1. The zero-order valence-corrected chi connectivity index (χ0v) is 12.1. The van der Waals surface area contributed by atoms with Gasteiger partial charge in [0.2, 0.25) is 0 Å². The Hall–Kier alpha value is -2.50.